The number of amides is 5. The van der Waals surface area contributed by atoms with Gasteiger partial charge in [0.2, 0.25) is 29.5 Å². The second-order valence-electron chi connectivity index (χ2n) is 12.3. The predicted octanol–water partition coefficient (Wildman–Crippen LogP) is -0.575. The lowest BCUT2D eigenvalue weighted by molar-refractivity contribution is -0.144. The van der Waals surface area contributed by atoms with E-state index in [1.54, 1.807) is 18.3 Å². The molecule has 16 heteroatoms. The Labute approximate surface area is 288 Å². The number of aromatic amines is 1. The van der Waals surface area contributed by atoms with Crippen LogP contribution in [0.1, 0.15) is 43.2 Å². The largest absolute Gasteiger partial charge is 0.370 e. The number of nitrogens with one attached hydrogen (secondary N) is 4. The molecule has 3 aromatic rings. The highest BCUT2D eigenvalue weighted by molar-refractivity contribution is 5.95. The molecule has 0 unspecified atom stereocenters. The maximum Gasteiger partial charge on any atom is 0.243 e. The zero-order valence-corrected chi connectivity index (χ0v) is 27.7. The van der Waals surface area contributed by atoms with E-state index < -0.39 is 66.1 Å². The molecule has 1 fully saturated rings. The van der Waals surface area contributed by atoms with E-state index in [0.29, 0.717) is 37.8 Å². The zero-order valence-electron chi connectivity index (χ0n) is 27.7. The summed E-state index contributed by atoms with van der Waals surface area (Å²) in [7, 11) is 0. The molecule has 2 heterocycles. The normalized spacial score (nSPS) is 16.1. The lowest BCUT2D eigenvalue weighted by atomic mass is 9.98. The lowest BCUT2D eigenvalue weighted by Crippen LogP contribution is -2.59. The second-order valence-corrected chi connectivity index (χ2v) is 12.3. The SMILES string of the molecule is NC(=O)[C@H](Cc1c[nH]c2ccccc12)NC(=O)CNC(=O)[C@H](CCCN=C(N)N)NC(=O)[C@@H]1CCCCN1C(=O)[C@@H](N)Cc1ccc(F)cc1. The number of hydrogen-bond donors (Lipinski definition) is 8. The summed E-state index contributed by atoms with van der Waals surface area (Å²) >= 11 is 0. The number of carbonyl (C=O) groups excluding carboxylic acids is 5. The number of nitrogens with two attached hydrogens (primary N) is 4. The van der Waals surface area contributed by atoms with Crippen molar-refractivity contribution >= 4 is 46.4 Å². The van der Waals surface area contributed by atoms with Crippen LogP contribution in [0.3, 0.4) is 0 Å². The first-order valence-corrected chi connectivity index (χ1v) is 16.5. The molecule has 4 atom stereocenters. The van der Waals surface area contributed by atoms with Gasteiger partial charge in [-0.2, -0.15) is 0 Å². The topological polar surface area (TPSA) is 257 Å². The van der Waals surface area contributed by atoms with E-state index in [4.69, 9.17) is 22.9 Å². The highest BCUT2D eigenvalue weighted by Gasteiger charge is 2.36. The summed E-state index contributed by atoms with van der Waals surface area (Å²) < 4.78 is 13.3. The summed E-state index contributed by atoms with van der Waals surface area (Å²) in [4.78, 5) is 73.9. The van der Waals surface area contributed by atoms with Gasteiger partial charge in [0, 0.05) is 36.6 Å². The molecule has 12 N–H and O–H groups in total. The van der Waals surface area contributed by atoms with Gasteiger partial charge in [-0.05, 0) is 67.9 Å². The molecule has 1 aliphatic rings. The number of aliphatic imine (C=N–C) groups is 1. The number of primary amides is 1. The first-order valence-electron chi connectivity index (χ1n) is 16.5. The average molecular weight is 693 g/mol. The lowest BCUT2D eigenvalue weighted by Gasteiger charge is -2.37. The third kappa shape index (κ3) is 10.5. The Morgan fingerprint density at radius 1 is 0.960 bits per heavy atom. The van der Waals surface area contributed by atoms with Gasteiger partial charge in [-0.1, -0.05) is 30.3 Å². The highest BCUT2D eigenvalue weighted by atomic mass is 19.1. The number of likely N-dealkylation sites (tertiary alicyclic amines) is 1. The van der Waals surface area contributed by atoms with Crippen molar-refractivity contribution in [3.05, 3.63) is 71.7 Å². The minimum Gasteiger partial charge on any atom is -0.370 e. The molecule has 0 radical (unpaired) electrons. The van der Waals surface area contributed by atoms with Crippen LogP contribution in [-0.4, -0.2) is 89.2 Å². The predicted molar refractivity (Wildman–Crippen MR) is 185 cm³/mol. The number of rotatable bonds is 16. The van der Waals surface area contributed by atoms with Gasteiger partial charge >= 0.3 is 0 Å². The molecule has 0 aliphatic carbocycles. The number of hydrogen-bond acceptors (Lipinski definition) is 7. The van der Waals surface area contributed by atoms with Crippen LogP contribution in [-0.2, 0) is 36.8 Å². The van der Waals surface area contributed by atoms with Gasteiger partial charge in [-0.3, -0.25) is 29.0 Å². The van der Waals surface area contributed by atoms with Crippen LogP contribution >= 0.6 is 0 Å². The van der Waals surface area contributed by atoms with Crippen molar-refractivity contribution in [2.24, 2.45) is 27.9 Å². The smallest absolute Gasteiger partial charge is 0.243 e. The third-order valence-electron chi connectivity index (χ3n) is 8.55. The molecule has 0 saturated carbocycles. The quantitative estimate of drug-likeness (QED) is 0.0546. The number of H-pyrrole nitrogens is 1. The van der Waals surface area contributed by atoms with Crippen LogP contribution in [0.2, 0.25) is 0 Å². The van der Waals surface area contributed by atoms with Crippen LogP contribution in [0.15, 0.2) is 59.7 Å². The highest BCUT2D eigenvalue weighted by Crippen LogP contribution is 2.21. The van der Waals surface area contributed by atoms with E-state index in [1.165, 1.54) is 17.0 Å². The van der Waals surface area contributed by atoms with Crippen LogP contribution in [0.5, 0.6) is 0 Å². The van der Waals surface area contributed by atoms with Crippen molar-refractivity contribution in [1.82, 2.24) is 25.8 Å². The Balaban J connectivity index is 1.38. The molecule has 1 aromatic heterocycles. The Kier molecular flexibility index (Phi) is 13.3. The maximum atomic E-state index is 13.6. The fourth-order valence-electron chi connectivity index (χ4n) is 5.96. The van der Waals surface area contributed by atoms with E-state index in [0.717, 1.165) is 16.5 Å². The Hall–Kier alpha value is -5.51. The number of halogens is 1. The Morgan fingerprint density at radius 2 is 1.70 bits per heavy atom. The van der Waals surface area contributed by atoms with Crippen molar-refractivity contribution in [1.29, 1.82) is 0 Å². The van der Waals surface area contributed by atoms with Crippen LogP contribution in [0, 0.1) is 5.82 Å². The molecule has 4 rings (SSSR count). The molecule has 5 amide bonds. The molecule has 0 bridgehead atoms. The molecule has 0 spiro atoms. The number of fused-ring (bicyclic) bond motifs is 1. The van der Waals surface area contributed by atoms with Crippen LogP contribution < -0.4 is 38.9 Å². The third-order valence-corrected chi connectivity index (χ3v) is 8.55. The number of carbonyl (C=O) groups is 5. The van der Waals surface area contributed by atoms with Gasteiger partial charge in [0.1, 0.15) is 23.9 Å². The molecule has 15 nitrogen and oxygen atoms in total. The second kappa shape index (κ2) is 17.8. The van der Waals surface area contributed by atoms with Crippen molar-refractivity contribution in [3.63, 3.8) is 0 Å². The van der Waals surface area contributed by atoms with E-state index in [1.807, 2.05) is 24.3 Å². The maximum absolute atomic E-state index is 13.6. The van der Waals surface area contributed by atoms with Crippen molar-refractivity contribution in [3.8, 4) is 0 Å². The Bertz CT molecular complexity index is 1690. The first kappa shape index (κ1) is 37.3. The average Bonchev–Trinajstić information content (AvgIpc) is 3.51. The molecule has 50 heavy (non-hydrogen) atoms. The summed E-state index contributed by atoms with van der Waals surface area (Å²) in [6.07, 6.45) is 4.16. The molecule has 1 aliphatic heterocycles. The molecular formula is C34H45FN10O5. The fourth-order valence-corrected chi connectivity index (χ4v) is 5.96. The first-order chi connectivity index (χ1) is 23.9. The monoisotopic (exact) mass is 692 g/mol. The number of nitrogens with zero attached hydrogens (tertiary/aromatic N) is 2. The van der Waals surface area contributed by atoms with Gasteiger partial charge in [-0.15, -0.1) is 0 Å². The Morgan fingerprint density at radius 3 is 2.42 bits per heavy atom. The van der Waals surface area contributed by atoms with Crippen LogP contribution in [0.25, 0.3) is 10.9 Å². The number of aromatic nitrogens is 1. The van der Waals surface area contributed by atoms with Gasteiger partial charge in [0.05, 0.1) is 12.6 Å². The van der Waals surface area contributed by atoms with Crippen LogP contribution in [0.4, 0.5) is 4.39 Å². The molecule has 1 saturated heterocycles. The van der Waals surface area contributed by atoms with E-state index in [-0.39, 0.29) is 31.8 Å². The minimum atomic E-state index is -1.10. The fraction of sp³-hybridized carbons (Fsp3) is 0.412. The van der Waals surface area contributed by atoms with Gasteiger partial charge < -0.3 is 48.8 Å². The van der Waals surface area contributed by atoms with E-state index >= 15 is 0 Å². The van der Waals surface area contributed by atoms with Crippen molar-refractivity contribution < 1.29 is 28.4 Å². The number of piperidine rings is 1. The summed E-state index contributed by atoms with van der Waals surface area (Å²) in [6.45, 7) is -0.0128. The van der Waals surface area contributed by atoms with Crippen molar-refractivity contribution in [2.45, 2.75) is 69.1 Å². The number of benzene rings is 2. The summed E-state index contributed by atoms with van der Waals surface area (Å²) in [6, 6.07) is 9.16. The van der Waals surface area contributed by atoms with Gasteiger partial charge in [-0.25, -0.2) is 4.39 Å². The summed E-state index contributed by atoms with van der Waals surface area (Å²) in [5.41, 5.74) is 25.0. The summed E-state index contributed by atoms with van der Waals surface area (Å²) in [5, 5.41) is 8.71. The van der Waals surface area contributed by atoms with Crippen molar-refractivity contribution in [2.75, 3.05) is 19.6 Å². The minimum absolute atomic E-state index is 0.116. The molecule has 268 valence electrons. The van der Waals surface area contributed by atoms with E-state index in [9.17, 15) is 28.4 Å². The van der Waals surface area contributed by atoms with Gasteiger partial charge in [0.25, 0.3) is 0 Å². The zero-order chi connectivity index (χ0) is 36.2. The summed E-state index contributed by atoms with van der Waals surface area (Å²) in [5.74, 6) is -3.59. The van der Waals surface area contributed by atoms with Gasteiger partial charge in [0.15, 0.2) is 5.96 Å². The number of para-hydroxylation sites is 1. The van der Waals surface area contributed by atoms with E-state index in [2.05, 4.69) is 25.9 Å². The molecule has 2 aromatic carbocycles. The standard InChI is InChI=1S/C34H45FN10O5/c35-22-12-10-20(11-13-22)16-24(36)33(50)45-15-4-3-9-28(45)32(49)44-26(8-5-14-40-34(38)39)31(48)42-19-29(46)43-27(30(37)47)17-21-18-41-25-7-2-1-6-23(21)25/h1-2,6-7,10-13,18,24,26-28,41H,3-5,8-9,14-17,19,36H2,(H2,37,47)(H,42,48)(H,43,46)(H,44,49)(H4,38,39,40)/t24-,26-,27-,28-/m0/s1. The molecular weight excluding hydrogens is 647 g/mol. The number of guanidine groups is 1.